The second kappa shape index (κ2) is 11.2. The summed E-state index contributed by atoms with van der Waals surface area (Å²) < 4.78 is 11.1. The number of ether oxygens (including phenoxy) is 2. The van der Waals surface area contributed by atoms with Gasteiger partial charge in [-0.25, -0.2) is 9.59 Å². The summed E-state index contributed by atoms with van der Waals surface area (Å²) in [6.45, 7) is 3.08. The lowest BCUT2D eigenvalue weighted by Gasteiger charge is -2.26. The summed E-state index contributed by atoms with van der Waals surface area (Å²) in [4.78, 5) is 55.8. The molecule has 38 heavy (non-hydrogen) atoms. The fraction of sp³-hybridized carbons (Fsp3) is 0.586. The number of hydrogen-bond donors (Lipinski definition) is 1. The van der Waals surface area contributed by atoms with Gasteiger partial charge in [0, 0.05) is 31.8 Å². The number of nitrogens with zero attached hydrogens (tertiary/aromatic N) is 2. The summed E-state index contributed by atoms with van der Waals surface area (Å²) in [5.41, 5.74) is 1.08. The normalized spacial score (nSPS) is 30.2. The molecule has 5 rings (SSSR count). The molecule has 1 N–H and O–H groups in total. The first-order valence-corrected chi connectivity index (χ1v) is 13.9. The molecule has 0 radical (unpaired) electrons. The van der Waals surface area contributed by atoms with E-state index in [1.165, 1.54) is 4.90 Å². The lowest BCUT2D eigenvalue weighted by molar-refractivity contribution is -0.150. The smallest absolute Gasteiger partial charge is 0.410 e. The number of carbonyl (C=O) groups is 4. The number of nitrogens with one attached hydrogen (secondary N) is 1. The molecule has 1 saturated carbocycles. The van der Waals surface area contributed by atoms with Crippen molar-refractivity contribution in [1.29, 1.82) is 0 Å². The zero-order chi connectivity index (χ0) is 26.7. The standard InChI is InChI=1S/C29H37N3O6/c1-2-37-27(35)29-16-22(29)13-7-5-3-4-6-8-14-25(33)32-19-23(15-24(32)26(34)30-29)38-28(36)31-17-20-11-9-10-12-21(20)18-31/h7,9-13,22-24H,2-6,8,14-19H2,1H3,(H,30,34)/b13-7-/t22-,23-,24+,29-/m1/s1. The topological polar surface area (TPSA) is 105 Å². The van der Waals surface area contributed by atoms with E-state index in [2.05, 4.69) is 11.4 Å². The maximum Gasteiger partial charge on any atom is 0.410 e. The Morgan fingerprint density at radius 2 is 1.82 bits per heavy atom. The van der Waals surface area contributed by atoms with Crippen LogP contribution in [0.4, 0.5) is 4.79 Å². The van der Waals surface area contributed by atoms with Crippen LogP contribution in [0.2, 0.25) is 0 Å². The van der Waals surface area contributed by atoms with Gasteiger partial charge in [0.25, 0.3) is 0 Å². The van der Waals surface area contributed by atoms with Crippen LogP contribution in [0.3, 0.4) is 0 Å². The van der Waals surface area contributed by atoms with Crippen LogP contribution >= 0.6 is 0 Å². The maximum absolute atomic E-state index is 13.6. The van der Waals surface area contributed by atoms with Gasteiger partial charge in [0.15, 0.2) is 0 Å². The molecule has 1 saturated heterocycles. The van der Waals surface area contributed by atoms with E-state index < -0.39 is 35.7 Å². The molecule has 3 amide bonds. The van der Waals surface area contributed by atoms with Crippen molar-refractivity contribution in [2.45, 2.75) is 89.1 Å². The van der Waals surface area contributed by atoms with E-state index in [-0.39, 0.29) is 31.4 Å². The molecule has 4 aliphatic rings. The van der Waals surface area contributed by atoms with Gasteiger partial charge in [0.05, 0.1) is 13.2 Å². The molecule has 0 bridgehead atoms. The minimum absolute atomic E-state index is 0.122. The van der Waals surface area contributed by atoms with Crippen LogP contribution in [-0.2, 0) is 36.9 Å². The van der Waals surface area contributed by atoms with Crippen LogP contribution in [0.1, 0.15) is 69.4 Å². The molecule has 3 aliphatic heterocycles. The lowest BCUT2D eigenvalue weighted by atomic mass is 10.1. The Balaban J connectivity index is 1.30. The van der Waals surface area contributed by atoms with Crippen LogP contribution < -0.4 is 5.32 Å². The number of amides is 3. The Kier molecular flexibility index (Phi) is 7.72. The van der Waals surface area contributed by atoms with Gasteiger partial charge in [-0.1, -0.05) is 49.3 Å². The van der Waals surface area contributed by atoms with Gasteiger partial charge < -0.3 is 19.7 Å². The second-order valence-electron chi connectivity index (χ2n) is 10.8. The molecule has 4 atom stereocenters. The van der Waals surface area contributed by atoms with Gasteiger partial charge in [-0.05, 0) is 43.7 Å². The van der Waals surface area contributed by atoms with Crippen molar-refractivity contribution in [1.82, 2.24) is 15.1 Å². The minimum Gasteiger partial charge on any atom is -0.464 e. The summed E-state index contributed by atoms with van der Waals surface area (Å²) in [5.74, 6) is -1.10. The molecule has 1 aromatic rings. The number of fused-ring (bicyclic) bond motifs is 3. The van der Waals surface area contributed by atoms with Crippen LogP contribution in [0.25, 0.3) is 0 Å². The molecule has 3 heterocycles. The zero-order valence-electron chi connectivity index (χ0n) is 22.0. The van der Waals surface area contributed by atoms with Crippen LogP contribution in [0.15, 0.2) is 36.4 Å². The highest BCUT2D eigenvalue weighted by atomic mass is 16.6. The van der Waals surface area contributed by atoms with Crippen molar-refractivity contribution in [3.05, 3.63) is 47.5 Å². The van der Waals surface area contributed by atoms with E-state index in [1.54, 1.807) is 11.8 Å². The minimum atomic E-state index is -1.10. The van der Waals surface area contributed by atoms with Crippen LogP contribution in [-0.4, -0.2) is 64.5 Å². The highest BCUT2D eigenvalue weighted by Gasteiger charge is 2.62. The predicted molar refractivity (Wildman–Crippen MR) is 139 cm³/mol. The average Bonchev–Trinajstić information content (AvgIpc) is 3.23. The van der Waals surface area contributed by atoms with Crippen molar-refractivity contribution in [3.63, 3.8) is 0 Å². The van der Waals surface area contributed by atoms with Crippen molar-refractivity contribution < 1.29 is 28.7 Å². The molecule has 9 heteroatoms. The number of esters is 1. The molecule has 9 nitrogen and oxygen atoms in total. The first kappa shape index (κ1) is 26.3. The van der Waals surface area contributed by atoms with Crippen LogP contribution in [0.5, 0.6) is 0 Å². The van der Waals surface area contributed by atoms with E-state index in [9.17, 15) is 19.2 Å². The quantitative estimate of drug-likeness (QED) is 0.481. The number of carbonyl (C=O) groups excluding carboxylic acids is 4. The molecule has 0 spiro atoms. The third-order valence-corrected chi connectivity index (χ3v) is 8.13. The number of allylic oxidation sites excluding steroid dienone is 1. The Hall–Kier alpha value is -3.36. The average molecular weight is 524 g/mol. The number of rotatable bonds is 3. The largest absolute Gasteiger partial charge is 0.464 e. The molecule has 0 aromatic heterocycles. The monoisotopic (exact) mass is 523 g/mol. The molecule has 204 valence electrons. The number of benzene rings is 1. The number of hydrogen-bond acceptors (Lipinski definition) is 6. The van der Waals surface area contributed by atoms with Gasteiger partial charge in [-0.3, -0.25) is 14.5 Å². The van der Waals surface area contributed by atoms with E-state index in [0.717, 1.165) is 43.2 Å². The predicted octanol–water partition coefficient (Wildman–Crippen LogP) is 3.46. The molecule has 0 unspecified atom stereocenters. The lowest BCUT2D eigenvalue weighted by Crippen LogP contribution is -2.53. The Bertz CT molecular complexity index is 1090. The first-order valence-electron chi connectivity index (χ1n) is 13.9. The Labute approximate surface area is 223 Å². The zero-order valence-corrected chi connectivity index (χ0v) is 22.0. The van der Waals surface area contributed by atoms with Gasteiger partial charge >= 0.3 is 12.1 Å². The molecular formula is C29H37N3O6. The third kappa shape index (κ3) is 5.42. The summed E-state index contributed by atoms with van der Waals surface area (Å²) in [6, 6.07) is 7.08. The van der Waals surface area contributed by atoms with Crippen molar-refractivity contribution in [2.24, 2.45) is 5.92 Å². The van der Waals surface area contributed by atoms with E-state index in [0.29, 0.717) is 25.9 Å². The van der Waals surface area contributed by atoms with Gasteiger partial charge in [0.1, 0.15) is 17.7 Å². The summed E-state index contributed by atoms with van der Waals surface area (Å²) >= 11 is 0. The van der Waals surface area contributed by atoms with E-state index >= 15 is 0 Å². The molecule has 1 aromatic carbocycles. The summed E-state index contributed by atoms with van der Waals surface area (Å²) in [7, 11) is 0. The highest BCUT2D eigenvalue weighted by molar-refractivity contribution is 5.95. The molecular weight excluding hydrogens is 486 g/mol. The SMILES string of the molecule is CCOC(=O)[C@@]12C[C@H]1/C=C\CCCCCCC(=O)N1C[C@H](OC(=O)N3Cc4ccccc4C3)C[C@H]1C(=O)N2. The van der Waals surface area contributed by atoms with Gasteiger partial charge in [-0.2, -0.15) is 0 Å². The van der Waals surface area contributed by atoms with Crippen molar-refractivity contribution in [2.75, 3.05) is 13.2 Å². The Morgan fingerprint density at radius 1 is 1.08 bits per heavy atom. The van der Waals surface area contributed by atoms with Gasteiger partial charge in [-0.15, -0.1) is 0 Å². The highest BCUT2D eigenvalue weighted by Crippen LogP contribution is 2.46. The fourth-order valence-corrected chi connectivity index (χ4v) is 5.90. The summed E-state index contributed by atoms with van der Waals surface area (Å²) in [5, 5.41) is 2.94. The van der Waals surface area contributed by atoms with Crippen molar-refractivity contribution >= 4 is 23.9 Å². The van der Waals surface area contributed by atoms with E-state index in [1.807, 2.05) is 30.3 Å². The van der Waals surface area contributed by atoms with Crippen LogP contribution in [0, 0.1) is 5.92 Å². The molecule has 1 aliphatic carbocycles. The first-order chi connectivity index (χ1) is 18.4. The molecule has 2 fully saturated rings. The summed E-state index contributed by atoms with van der Waals surface area (Å²) in [6.07, 6.45) is 8.68. The van der Waals surface area contributed by atoms with E-state index in [4.69, 9.17) is 9.47 Å². The third-order valence-electron chi connectivity index (χ3n) is 8.13. The second-order valence-corrected chi connectivity index (χ2v) is 10.8. The van der Waals surface area contributed by atoms with Gasteiger partial charge in [0.2, 0.25) is 11.8 Å². The van der Waals surface area contributed by atoms with Crippen molar-refractivity contribution in [3.8, 4) is 0 Å². The maximum atomic E-state index is 13.6. The fourth-order valence-electron chi connectivity index (χ4n) is 5.90. The Morgan fingerprint density at radius 3 is 2.55 bits per heavy atom.